The summed E-state index contributed by atoms with van der Waals surface area (Å²) in [6.45, 7) is 3.22. The molecule has 0 aromatic carbocycles. The second-order valence-corrected chi connectivity index (χ2v) is 5.17. The topological polar surface area (TPSA) is 29.9 Å². The van der Waals surface area contributed by atoms with Crippen molar-refractivity contribution < 1.29 is 0 Å². The van der Waals surface area contributed by atoms with Crippen molar-refractivity contribution in [3.63, 3.8) is 0 Å². The fraction of sp³-hybridized carbons (Fsp3) is 0.769. The molecule has 3 unspecified atom stereocenters. The molecule has 88 valence electrons. The number of hydrogen-bond acceptors (Lipinski definition) is 2. The maximum absolute atomic E-state index is 4.53. The lowest BCUT2D eigenvalue weighted by Gasteiger charge is -2.33. The molecule has 0 amide bonds. The molecule has 1 aliphatic carbocycles. The monoisotopic (exact) mass is 219 g/mol. The van der Waals surface area contributed by atoms with Gasteiger partial charge in [0.2, 0.25) is 0 Å². The van der Waals surface area contributed by atoms with E-state index in [2.05, 4.69) is 28.0 Å². The van der Waals surface area contributed by atoms with Crippen molar-refractivity contribution in [3.05, 3.63) is 18.2 Å². The molecule has 3 heteroatoms. The number of nitrogens with zero attached hydrogens (tertiary/aromatic N) is 2. The maximum atomic E-state index is 4.53. The predicted molar refractivity (Wildman–Crippen MR) is 64.1 cm³/mol. The smallest absolute Gasteiger partial charge is 0.125 e. The van der Waals surface area contributed by atoms with E-state index in [9.17, 15) is 0 Å². The van der Waals surface area contributed by atoms with Gasteiger partial charge in [0, 0.05) is 25.0 Å². The zero-order valence-corrected chi connectivity index (χ0v) is 10.0. The molecule has 0 spiro atoms. The predicted octanol–water partition coefficient (Wildman–Crippen LogP) is 2.50. The average molecular weight is 219 g/mol. The van der Waals surface area contributed by atoms with Crippen LogP contribution in [0.4, 0.5) is 0 Å². The summed E-state index contributed by atoms with van der Waals surface area (Å²) >= 11 is 0. The van der Waals surface area contributed by atoms with Crippen LogP contribution in [-0.2, 0) is 6.54 Å². The summed E-state index contributed by atoms with van der Waals surface area (Å²) in [5.41, 5.74) is 0. The van der Waals surface area contributed by atoms with Gasteiger partial charge in [-0.05, 0) is 38.5 Å². The molecule has 16 heavy (non-hydrogen) atoms. The van der Waals surface area contributed by atoms with Crippen molar-refractivity contribution in [3.8, 4) is 0 Å². The molecular formula is C13H21N3. The highest BCUT2D eigenvalue weighted by Gasteiger charge is 2.34. The summed E-state index contributed by atoms with van der Waals surface area (Å²) in [6, 6.07) is 1.26. The lowest BCUT2D eigenvalue weighted by molar-refractivity contribution is 0.251. The second kappa shape index (κ2) is 4.21. The Bertz CT molecular complexity index is 358. The quantitative estimate of drug-likeness (QED) is 0.828. The van der Waals surface area contributed by atoms with Crippen LogP contribution in [0.15, 0.2) is 12.4 Å². The molecule has 2 heterocycles. The zero-order chi connectivity index (χ0) is 11.0. The Morgan fingerprint density at radius 3 is 3.19 bits per heavy atom. The van der Waals surface area contributed by atoms with Gasteiger partial charge in [0.15, 0.2) is 0 Å². The average Bonchev–Trinajstić information content (AvgIpc) is 2.96. The molecule has 1 aromatic heterocycles. The van der Waals surface area contributed by atoms with Gasteiger partial charge < -0.3 is 9.88 Å². The van der Waals surface area contributed by atoms with E-state index in [1.165, 1.54) is 37.9 Å². The van der Waals surface area contributed by atoms with Crippen molar-refractivity contribution >= 4 is 0 Å². The lowest BCUT2D eigenvalue weighted by atomic mass is 9.89. The summed E-state index contributed by atoms with van der Waals surface area (Å²) in [5, 5.41) is 3.81. The number of fused-ring (bicyclic) bond motifs is 1. The van der Waals surface area contributed by atoms with E-state index in [-0.39, 0.29) is 0 Å². The lowest BCUT2D eigenvalue weighted by Crippen LogP contribution is -2.41. The van der Waals surface area contributed by atoms with E-state index < -0.39 is 0 Å². The molecule has 0 radical (unpaired) electrons. The Hall–Kier alpha value is -0.830. The Kier molecular flexibility index (Phi) is 2.72. The molecule has 1 aromatic rings. The minimum Gasteiger partial charge on any atom is -0.334 e. The number of hydrogen-bond donors (Lipinski definition) is 1. The number of aromatic nitrogens is 2. The van der Waals surface area contributed by atoms with Crippen molar-refractivity contribution in [2.75, 3.05) is 0 Å². The third-order valence-electron chi connectivity index (χ3n) is 4.30. The van der Waals surface area contributed by atoms with Gasteiger partial charge in [0.25, 0.3) is 0 Å². The Balaban J connectivity index is 1.76. The van der Waals surface area contributed by atoms with E-state index in [0.29, 0.717) is 6.04 Å². The standard InChI is InChI=1S/C13H21N3/c1-2-16-9-8-14-13(16)12-7-6-10-4-3-5-11(10)15-12/h8-12,15H,2-7H2,1H3. The van der Waals surface area contributed by atoms with Crippen LogP contribution >= 0.6 is 0 Å². The Morgan fingerprint density at radius 2 is 2.31 bits per heavy atom. The number of imidazole rings is 1. The fourth-order valence-corrected chi connectivity index (χ4v) is 3.43. The largest absolute Gasteiger partial charge is 0.334 e. The highest BCUT2D eigenvalue weighted by Crippen LogP contribution is 2.37. The summed E-state index contributed by atoms with van der Waals surface area (Å²) in [6.07, 6.45) is 10.9. The molecule has 3 rings (SSSR count). The second-order valence-electron chi connectivity index (χ2n) is 5.17. The van der Waals surface area contributed by atoms with Gasteiger partial charge in [-0.15, -0.1) is 0 Å². The van der Waals surface area contributed by atoms with Gasteiger partial charge in [0.1, 0.15) is 5.82 Å². The van der Waals surface area contributed by atoms with Gasteiger partial charge in [-0.25, -0.2) is 4.98 Å². The summed E-state index contributed by atoms with van der Waals surface area (Å²) < 4.78 is 2.27. The van der Waals surface area contributed by atoms with E-state index in [1.807, 2.05) is 6.20 Å². The van der Waals surface area contributed by atoms with E-state index >= 15 is 0 Å². The van der Waals surface area contributed by atoms with Gasteiger partial charge in [-0.2, -0.15) is 0 Å². The molecule has 3 nitrogen and oxygen atoms in total. The van der Waals surface area contributed by atoms with Crippen LogP contribution in [0.25, 0.3) is 0 Å². The van der Waals surface area contributed by atoms with E-state index in [1.54, 1.807) is 0 Å². The van der Waals surface area contributed by atoms with Crippen LogP contribution < -0.4 is 5.32 Å². The molecule has 2 fully saturated rings. The van der Waals surface area contributed by atoms with Gasteiger partial charge in [0.05, 0.1) is 6.04 Å². The molecule has 2 aliphatic rings. The highest BCUT2D eigenvalue weighted by atomic mass is 15.1. The molecule has 1 aliphatic heterocycles. The first kappa shape index (κ1) is 10.3. The van der Waals surface area contributed by atoms with Crippen molar-refractivity contribution in [2.24, 2.45) is 5.92 Å². The van der Waals surface area contributed by atoms with Crippen molar-refractivity contribution in [2.45, 2.75) is 57.7 Å². The van der Waals surface area contributed by atoms with Crippen LogP contribution in [-0.4, -0.2) is 15.6 Å². The van der Waals surface area contributed by atoms with Gasteiger partial charge in [-0.3, -0.25) is 0 Å². The molecule has 0 bridgehead atoms. The SMILES string of the molecule is CCn1ccnc1C1CCC2CCCC2N1. The summed E-state index contributed by atoms with van der Waals surface area (Å²) in [4.78, 5) is 4.53. The fourth-order valence-electron chi connectivity index (χ4n) is 3.43. The first-order valence-corrected chi connectivity index (χ1v) is 6.65. The normalized spacial score (nSPS) is 33.9. The van der Waals surface area contributed by atoms with Crippen LogP contribution in [0, 0.1) is 5.92 Å². The third kappa shape index (κ3) is 1.67. The van der Waals surface area contributed by atoms with Gasteiger partial charge in [-0.1, -0.05) is 6.42 Å². The number of aryl methyl sites for hydroxylation is 1. The number of rotatable bonds is 2. The van der Waals surface area contributed by atoms with E-state index in [0.717, 1.165) is 18.5 Å². The molecule has 3 atom stereocenters. The van der Waals surface area contributed by atoms with Crippen molar-refractivity contribution in [1.29, 1.82) is 0 Å². The minimum atomic E-state index is 0.495. The van der Waals surface area contributed by atoms with Crippen LogP contribution in [0.1, 0.15) is 50.9 Å². The first-order valence-electron chi connectivity index (χ1n) is 6.65. The first-order chi connectivity index (χ1) is 7.88. The van der Waals surface area contributed by atoms with Crippen LogP contribution in [0.5, 0.6) is 0 Å². The molecular weight excluding hydrogens is 198 g/mol. The molecule has 1 saturated carbocycles. The van der Waals surface area contributed by atoms with E-state index in [4.69, 9.17) is 0 Å². The summed E-state index contributed by atoms with van der Waals surface area (Å²) in [7, 11) is 0. The Labute approximate surface area is 97.3 Å². The number of piperidine rings is 1. The number of nitrogens with one attached hydrogen (secondary N) is 1. The maximum Gasteiger partial charge on any atom is 0.125 e. The Morgan fingerprint density at radius 1 is 1.38 bits per heavy atom. The zero-order valence-electron chi connectivity index (χ0n) is 10.0. The third-order valence-corrected chi connectivity index (χ3v) is 4.30. The summed E-state index contributed by atoms with van der Waals surface area (Å²) in [5.74, 6) is 2.19. The molecule has 1 saturated heterocycles. The molecule has 1 N–H and O–H groups in total. The minimum absolute atomic E-state index is 0.495. The van der Waals surface area contributed by atoms with Crippen LogP contribution in [0.3, 0.4) is 0 Å². The van der Waals surface area contributed by atoms with Gasteiger partial charge >= 0.3 is 0 Å². The highest BCUT2D eigenvalue weighted by molar-refractivity contribution is 5.04. The van der Waals surface area contributed by atoms with Crippen LogP contribution in [0.2, 0.25) is 0 Å². The van der Waals surface area contributed by atoms with Crippen molar-refractivity contribution in [1.82, 2.24) is 14.9 Å².